The van der Waals surface area contributed by atoms with Crippen LogP contribution >= 0.6 is 11.8 Å². The monoisotopic (exact) mass is 433 g/mol. The Balaban J connectivity index is 1.32. The van der Waals surface area contributed by atoms with Crippen molar-refractivity contribution in [3.8, 4) is 5.75 Å². The molecule has 0 saturated carbocycles. The number of nitrogens with one attached hydrogen (secondary N) is 1. The summed E-state index contributed by atoms with van der Waals surface area (Å²) in [5, 5.41) is 3.10. The smallest absolute Gasteiger partial charge is 0.238 e. The lowest BCUT2D eigenvalue weighted by Crippen LogP contribution is -2.48. The van der Waals surface area contributed by atoms with E-state index in [1.165, 1.54) is 0 Å². The van der Waals surface area contributed by atoms with Crippen LogP contribution in [0.5, 0.6) is 5.75 Å². The van der Waals surface area contributed by atoms with Gasteiger partial charge >= 0.3 is 0 Å². The minimum atomic E-state index is 0.0202. The van der Waals surface area contributed by atoms with E-state index in [0.29, 0.717) is 6.54 Å². The Hall–Kier alpha value is -2.96. The van der Waals surface area contributed by atoms with Crippen molar-refractivity contribution in [1.82, 2.24) is 4.90 Å². The molecular weight excluding hydrogens is 406 g/mol. The highest BCUT2D eigenvalue weighted by Crippen LogP contribution is 2.33. The fourth-order valence-electron chi connectivity index (χ4n) is 3.71. The lowest BCUT2D eigenvalue weighted by Gasteiger charge is -2.36. The van der Waals surface area contributed by atoms with Crippen LogP contribution in [-0.4, -0.2) is 50.6 Å². The highest BCUT2D eigenvalue weighted by atomic mass is 32.2. The molecule has 1 saturated heterocycles. The van der Waals surface area contributed by atoms with E-state index in [1.807, 2.05) is 60.7 Å². The van der Waals surface area contributed by atoms with Gasteiger partial charge in [0.15, 0.2) is 0 Å². The van der Waals surface area contributed by atoms with Crippen LogP contribution in [0.2, 0.25) is 0 Å². The van der Waals surface area contributed by atoms with Crippen LogP contribution in [0.3, 0.4) is 0 Å². The number of rotatable bonds is 7. The fraction of sp³-hybridized carbons (Fsp3) is 0.240. The summed E-state index contributed by atoms with van der Waals surface area (Å²) in [6.07, 6.45) is 0. The summed E-state index contributed by atoms with van der Waals surface area (Å²) in [5.41, 5.74) is 1.97. The van der Waals surface area contributed by atoms with Gasteiger partial charge in [-0.05, 0) is 36.4 Å². The predicted molar refractivity (Wildman–Crippen MR) is 127 cm³/mol. The number of carbonyl (C=O) groups excluding carboxylic acids is 1. The van der Waals surface area contributed by atoms with Crippen molar-refractivity contribution in [3.63, 3.8) is 0 Å². The molecule has 0 bridgehead atoms. The van der Waals surface area contributed by atoms with Crippen LogP contribution in [-0.2, 0) is 4.79 Å². The summed E-state index contributed by atoms with van der Waals surface area (Å²) in [5.74, 6) is 0.910. The van der Waals surface area contributed by atoms with E-state index in [-0.39, 0.29) is 5.91 Å². The lowest BCUT2D eigenvalue weighted by molar-refractivity contribution is -0.117. The second kappa shape index (κ2) is 10.4. The molecule has 1 heterocycles. The molecule has 0 atom stereocenters. The van der Waals surface area contributed by atoms with Gasteiger partial charge in [0.05, 0.1) is 25.0 Å². The van der Waals surface area contributed by atoms with E-state index in [4.69, 9.17) is 4.74 Å². The molecule has 0 unspecified atom stereocenters. The molecule has 3 aromatic carbocycles. The van der Waals surface area contributed by atoms with Crippen LogP contribution in [0.4, 0.5) is 11.4 Å². The fourth-order valence-corrected chi connectivity index (χ4v) is 4.63. The highest BCUT2D eigenvalue weighted by Gasteiger charge is 2.21. The van der Waals surface area contributed by atoms with E-state index in [1.54, 1.807) is 18.9 Å². The quantitative estimate of drug-likeness (QED) is 0.590. The molecule has 4 rings (SSSR count). The number of para-hydroxylation sites is 3. The van der Waals surface area contributed by atoms with Gasteiger partial charge in [-0.3, -0.25) is 9.69 Å². The molecule has 1 fully saturated rings. The van der Waals surface area contributed by atoms with Crippen molar-refractivity contribution in [2.45, 2.75) is 9.79 Å². The molecule has 160 valence electrons. The van der Waals surface area contributed by atoms with Crippen LogP contribution in [0.25, 0.3) is 0 Å². The third kappa shape index (κ3) is 5.60. The summed E-state index contributed by atoms with van der Waals surface area (Å²) >= 11 is 1.66. The lowest BCUT2D eigenvalue weighted by atomic mass is 10.2. The Kier molecular flexibility index (Phi) is 7.12. The Morgan fingerprint density at radius 3 is 2.35 bits per heavy atom. The zero-order chi connectivity index (χ0) is 21.5. The zero-order valence-electron chi connectivity index (χ0n) is 17.7. The topological polar surface area (TPSA) is 44.8 Å². The van der Waals surface area contributed by atoms with Gasteiger partial charge in [0.25, 0.3) is 0 Å². The summed E-state index contributed by atoms with van der Waals surface area (Å²) in [6, 6.07) is 26.2. The summed E-state index contributed by atoms with van der Waals surface area (Å²) < 4.78 is 5.49. The standard InChI is InChI=1S/C25H27N3O2S/c1-30-23-13-7-6-12-22(23)28-17-15-27(16-18-28)19-25(29)26-21-11-5-8-14-24(21)31-20-9-3-2-4-10-20/h2-14H,15-19H2,1H3,(H,26,29). The number of nitrogens with zero attached hydrogens (tertiary/aromatic N) is 2. The number of anilines is 2. The van der Waals surface area contributed by atoms with Crippen molar-refractivity contribution >= 4 is 29.0 Å². The number of ether oxygens (including phenoxy) is 1. The highest BCUT2D eigenvalue weighted by molar-refractivity contribution is 7.99. The third-order valence-electron chi connectivity index (χ3n) is 5.30. The Morgan fingerprint density at radius 1 is 0.903 bits per heavy atom. The molecule has 3 aromatic rings. The van der Waals surface area contributed by atoms with Crippen molar-refractivity contribution in [2.24, 2.45) is 0 Å². The Labute approximate surface area is 188 Å². The molecule has 0 aromatic heterocycles. The van der Waals surface area contributed by atoms with E-state index in [9.17, 15) is 4.79 Å². The van der Waals surface area contributed by atoms with Crippen molar-refractivity contribution in [1.29, 1.82) is 0 Å². The number of hydrogen-bond donors (Lipinski definition) is 1. The molecule has 1 N–H and O–H groups in total. The molecule has 1 aliphatic rings. The average Bonchev–Trinajstić information content (AvgIpc) is 2.81. The maximum atomic E-state index is 12.7. The van der Waals surface area contributed by atoms with E-state index >= 15 is 0 Å². The van der Waals surface area contributed by atoms with E-state index in [0.717, 1.165) is 53.1 Å². The minimum Gasteiger partial charge on any atom is -0.495 e. The number of amides is 1. The van der Waals surface area contributed by atoms with Crippen LogP contribution in [0.15, 0.2) is 88.7 Å². The van der Waals surface area contributed by atoms with Gasteiger partial charge in [0, 0.05) is 36.0 Å². The maximum absolute atomic E-state index is 12.7. The largest absolute Gasteiger partial charge is 0.495 e. The van der Waals surface area contributed by atoms with Gasteiger partial charge in [0.2, 0.25) is 5.91 Å². The van der Waals surface area contributed by atoms with Crippen molar-refractivity contribution in [3.05, 3.63) is 78.9 Å². The first kappa shape index (κ1) is 21.3. The van der Waals surface area contributed by atoms with Gasteiger partial charge in [-0.25, -0.2) is 0 Å². The Morgan fingerprint density at radius 2 is 1.58 bits per heavy atom. The second-order valence-electron chi connectivity index (χ2n) is 7.39. The van der Waals surface area contributed by atoms with Crippen molar-refractivity contribution < 1.29 is 9.53 Å². The summed E-state index contributed by atoms with van der Waals surface area (Å²) in [4.78, 5) is 19.5. The van der Waals surface area contributed by atoms with Gasteiger partial charge in [0.1, 0.15) is 5.75 Å². The minimum absolute atomic E-state index is 0.0202. The first-order valence-electron chi connectivity index (χ1n) is 10.4. The number of methoxy groups -OCH3 is 1. The summed E-state index contributed by atoms with van der Waals surface area (Å²) in [6.45, 7) is 3.81. The number of hydrogen-bond acceptors (Lipinski definition) is 5. The van der Waals surface area contributed by atoms with Crippen LogP contribution < -0.4 is 15.0 Å². The number of benzene rings is 3. The SMILES string of the molecule is COc1ccccc1N1CCN(CC(=O)Nc2ccccc2Sc2ccccc2)CC1. The second-order valence-corrected chi connectivity index (χ2v) is 8.51. The normalized spacial score (nSPS) is 14.3. The van der Waals surface area contributed by atoms with Gasteiger partial charge < -0.3 is 15.0 Å². The van der Waals surface area contributed by atoms with Crippen LogP contribution in [0, 0.1) is 0 Å². The molecule has 5 nitrogen and oxygen atoms in total. The average molecular weight is 434 g/mol. The van der Waals surface area contributed by atoms with Gasteiger partial charge in [-0.15, -0.1) is 0 Å². The van der Waals surface area contributed by atoms with E-state index in [2.05, 4.69) is 33.3 Å². The summed E-state index contributed by atoms with van der Waals surface area (Å²) in [7, 11) is 1.70. The predicted octanol–water partition coefficient (Wildman–Crippen LogP) is 4.61. The van der Waals surface area contributed by atoms with Crippen LogP contribution in [0.1, 0.15) is 0 Å². The molecular formula is C25H27N3O2S. The molecule has 0 spiro atoms. The van der Waals surface area contributed by atoms with Gasteiger partial charge in [-0.1, -0.05) is 54.2 Å². The third-order valence-corrected chi connectivity index (χ3v) is 6.38. The Bertz CT molecular complexity index is 1000. The molecule has 0 aliphatic carbocycles. The first-order chi connectivity index (χ1) is 15.2. The van der Waals surface area contributed by atoms with Crippen molar-refractivity contribution in [2.75, 3.05) is 50.1 Å². The number of piperazine rings is 1. The maximum Gasteiger partial charge on any atom is 0.238 e. The number of carbonyl (C=O) groups is 1. The molecule has 31 heavy (non-hydrogen) atoms. The van der Waals surface area contributed by atoms with E-state index < -0.39 is 0 Å². The molecule has 0 radical (unpaired) electrons. The molecule has 1 amide bonds. The molecule has 1 aliphatic heterocycles. The first-order valence-corrected chi connectivity index (χ1v) is 11.3. The van der Waals surface area contributed by atoms with Gasteiger partial charge in [-0.2, -0.15) is 0 Å². The molecule has 6 heteroatoms. The zero-order valence-corrected chi connectivity index (χ0v) is 18.5.